The van der Waals surface area contributed by atoms with Gasteiger partial charge in [-0.25, -0.2) is 0 Å². The van der Waals surface area contributed by atoms with Gasteiger partial charge in [-0.15, -0.1) is 0 Å². The van der Waals surface area contributed by atoms with E-state index in [-0.39, 0.29) is 12.0 Å². The van der Waals surface area contributed by atoms with Crippen LogP contribution >= 0.6 is 0 Å². The van der Waals surface area contributed by atoms with E-state index in [1.807, 2.05) is 12.1 Å². The molecule has 0 saturated carbocycles. The summed E-state index contributed by atoms with van der Waals surface area (Å²) in [5.41, 5.74) is 0.559. The molecule has 0 saturated heterocycles. The van der Waals surface area contributed by atoms with Crippen LogP contribution in [0.3, 0.4) is 0 Å². The van der Waals surface area contributed by atoms with Gasteiger partial charge in [-0.05, 0) is 18.4 Å². The van der Waals surface area contributed by atoms with Gasteiger partial charge in [0.15, 0.2) is 0 Å². The van der Waals surface area contributed by atoms with E-state index in [9.17, 15) is 4.79 Å². The Kier molecular flexibility index (Phi) is 4.11. The number of aromatic nitrogens is 1. The van der Waals surface area contributed by atoms with Gasteiger partial charge in [-0.3, -0.25) is 4.79 Å². The highest BCUT2D eigenvalue weighted by Crippen LogP contribution is 2.01. The lowest BCUT2D eigenvalue weighted by Crippen LogP contribution is -2.23. The van der Waals surface area contributed by atoms with Crippen molar-refractivity contribution in [1.82, 2.24) is 4.57 Å². The molecule has 3 heteroatoms. The van der Waals surface area contributed by atoms with E-state index in [2.05, 4.69) is 13.8 Å². The summed E-state index contributed by atoms with van der Waals surface area (Å²) in [7, 11) is 0. The van der Waals surface area contributed by atoms with E-state index in [0.717, 1.165) is 13.0 Å². The predicted molar refractivity (Wildman–Crippen MR) is 59.5 cm³/mol. The second-order valence-electron chi connectivity index (χ2n) is 4.05. The lowest BCUT2D eigenvalue weighted by Gasteiger charge is -2.08. The second kappa shape index (κ2) is 5.35. The third kappa shape index (κ3) is 3.25. The van der Waals surface area contributed by atoms with Crippen LogP contribution in [0.2, 0.25) is 0 Å². The molecule has 1 heterocycles. The lowest BCUT2D eigenvalue weighted by atomic mass is 10.1. The zero-order valence-corrected chi connectivity index (χ0v) is 9.23. The molecule has 3 nitrogen and oxygen atoms in total. The molecule has 1 aromatic heterocycles. The maximum Gasteiger partial charge on any atom is 0.254 e. The number of nitriles is 1. The molecule has 1 rings (SSSR count). The fourth-order valence-corrected chi connectivity index (χ4v) is 1.38. The van der Waals surface area contributed by atoms with Crippen molar-refractivity contribution in [3.8, 4) is 6.07 Å². The van der Waals surface area contributed by atoms with Gasteiger partial charge in [0, 0.05) is 18.3 Å². The SMILES string of the molecule is CC(C)CCn1cccc(CC#N)c1=O. The molecule has 0 atom stereocenters. The summed E-state index contributed by atoms with van der Waals surface area (Å²) in [6.45, 7) is 4.99. The quantitative estimate of drug-likeness (QED) is 0.752. The van der Waals surface area contributed by atoms with Crippen LogP contribution in [0.1, 0.15) is 25.8 Å². The van der Waals surface area contributed by atoms with E-state index in [1.165, 1.54) is 0 Å². The number of nitrogens with zero attached hydrogens (tertiary/aromatic N) is 2. The fourth-order valence-electron chi connectivity index (χ4n) is 1.38. The first-order valence-corrected chi connectivity index (χ1v) is 5.20. The fraction of sp³-hybridized carbons (Fsp3) is 0.500. The minimum absolute atomic E-state index is 0.0281. The predicted octanol–water partition coefficient (Wildman–Crippen LogP) is 1.96. The van der Waals surface area contributed by atoms with Gasteiger partial charge in [0.1, 0.15) is 0 Å². The van der Waals surface area contributed by atoms with Crippen molar-refractivity contribution in [1.29, 1.82) is 5.26 Å². The summed E-state index contributed by atoms with van der Waals surface area (Å²) in [5, 5.41) is 8.56. The molecular formula is C12H16N2O. The Morgan fingerprint density at radius 2 is 2.27 bits per heavy atom. The third-order valence-electron chi connectivity index (χ3n) is 2.32. The van der Waals surface area contributed by atoms with Crippen LogP contribution < -0.4 is 5.56 Å². The molecule has 15 heavy (non-hydrogen) atoms. The smallest absolute Gasteiger partial charge is 0.254 e. The maximum atomic E-state index is 11.8. The Morgan fingerprint density at radius 1 is 1.53 bits per heavy atom. The summed E-state index contributed by atoms with van der Waals surface area (Å²) in [6, 6.07) is 5.55. The van der Waals surface area contributed by atoms with Crippen LogP contribution in [0.4, 0.5) is 0 Å². The summed E-state index contributed by atoms with van der Waals surface area (Å²) < 4.78 is 1.69. The third-order valence-corrected chi connectivity index (χ3v) is 2.32. The monoisotopic (exact) mass is 204 g/mol. The van der Waals surface area contributed by atoms with Gasteiger partial charge >= 0.3 is 0 Å². The van der Waals surface area contributed by atoms with Crippen molar-refractivity contribution in [2.24, 2.45) is 5.92 Å². The van der Waals surface area contributed by atoms with Crippen molar-refractivity contribution in [2.45, 2.75) is 33.2 Å². The molecule has 80 valence electrons. The average Bonchev–Trinajstić information content (AvgIpc) is 2.19. The standard InChI is InChI=1S/C12H16N2O/c1-10(2)6-9-14-8-3-4-11(5-7-13)12(14)15/h3-4,8,10H,5-6,9H2,1-2H3. The normalized spacial score (nSPS) is 10.3. The van der Waals surface area contributed by atoms with Crippen LogP contribution in [-0.4, -0.2) is 4.57 Å². The Balaban J connectivity index is 2.86. The zero-order valence-electron chi connectivity index (χ0n) is 9.23. The van der Waals surface area contributed by atoms with Crippen molar-refractivity contribution >= 4 is 0 Å². The minimum Gasteiger partial charge on any atom is -0.315 e. The Morgan fingerprint density at radius 3 is 2.87 bits per heavy atom. The second-order valence-corrected chi connectivity index (χ2v) is 4.05. The molecule has 0 aromatic carbocycles. The van der Waals surface area contributed by atoms with E-state index >= 15 is 0 Å². The van der Waals surface area contributed by atoms with Gasteiger partial charge in [0.25, 0.3) is 5.56 Å². The highest BCUT2D eigenvalue weighted by Gasteiger charge is 2.03. The van der Waals surface area contributed by atoms with E-state index in [1.54, 1.807) is 16.8 Å². The Bertz CT molecular complexity index is 412. The summed E-state index contributed by atoms with van der Waals surface area (Å²) in [6.07, 6.45) is 2.96. The number of aryl methyl sites for hydroxylation is 1. The van der Waals surface area contributed by atoms with Gasteiger partial charge < -0.3 is 4.57 Å². The van der Waals surface area contributed by atoms with Crippen LogP contribution in [0.15, 0.2) is 23.1 Å². The Hall–Kier alpha value is -1.56. The van der Waals surface area contributed by atoms with E-state index < -0.39 is 0 Å². The van der Waals surface area contributed by atoms with Crippen LogP contribution in [-0.2, 0) is 13.0 Å². The molecule has 0 amide bonds. The van der Waals surface area contributed by atoms with Crippen molar-refractivity contribution in [2.75, 3.05) is 0 Å². The summed E-state index contributed by atoms with van der Waals surface area (Å²) in [4.78, 5) is 11.8. The average molecular weight is 204 g/mol. The van der Waals surface area contributed by atoms with Crippen LogP contribution in [0.5, 0.6) is 0 Å². The molecule has 0 bridgehead atoms. The van der Waals surface area contributed by atoms with Gasteiger partial charge in [-0.2, -0.15) is 5.26 Å². The van der Waals surface area contributed by atoms with Crippen molar-refractivity contribution in [3.05, 3.63) is 34.2 Å². The number of hydrogen-bond acceptors (Lipinski definition) is 2. The van der Waals surface area contributed by atoms with Gasteiger partial charge in [0.2, 0.25) is 0 Å². The molecule has 0 fully saturated rings. The molecule has 0 spiro atoms. The summed E-state index contributed by atoms with van der Waals surface area (Å²) in [5.74, 6) is 0.580. The number of hydrogen-bond donors (Lipinski definition) is 0. The largest absolute Gasteiger partial charge is 0.315 e. The molecular weight excluding hydrogens is 188 g/mol. The summed E-state index contributed by atoms with van der Waals surface area (Å²) >= 11 is 0. The highest BCUT2D eigenvalue weighted by molar-refractivity contribution is 5.14. The van der Waals surface area contributed by atoms with Gasteiger partial charge in [-0.1, -0.05) is 19.9 Å². The highest BCUT2D eigenvalue weighted by atomic mass is 16.1. The first-order valence-electron chi connectivity index (χ1n) is 5.20. The minimum atomic E-state index is -0.0281. The molecule has 0 aliphatic heterocycles. The zero-order chi connectivity index (χ0) is 11.3. The number of pyridine rings is 1. The van der Waals surface area contributed by atoms with Crippen LogP contribution in [0.25, 0.3) is 0 Å². The lowest BCUT2D eigenvalue weighted by molar-refractivity contribution is 0.506. The Labute approximate surface area is 90.0 Å². The molecule has 0 aliphatic carbocycles. The van der Waals surface area contributed by atoms with Gasteiger partial charge in [0.05, 0.1) is 12.5 Å². The molecule has 0 N–H and O–H groups in total. The molecule has 0 aliphatic rings. The van der Waals surface area contributed by atoms with E-state index in [4.69, 9.17) is 5.26 Å². The molecule has 0 radical (unpaired) electrons. The molecule has 1 aromatic rings. The maximum absolute atomic E-state index is 11.8. The van der Waals surface area contributed by atoms with E-state index in [0.29, 0.717) is 11.5 Å². The van der Waals surface area contributed by atoms with Crippen LogP contribution in [0, 0.1) is 17.2 Å². The number of rotatable bonds is 4. The first-order chi connectivity index (χ1) is 7.15. The molecule has 0 unspecified atom stereocenters. The van der Waals surface area contributed by atoms with Crippen molar-refractivity contribution < 1.29 is 0 Å². The first kappa shape index (κ1) is 11.5. The topological polar surface area (TPSA) is 45.8 Å². The van der Waals surface area contributed by atoms with Crippen molar-refractivity contribution in [3.63, 3.8) is 0 Å².